The fourth-order valence-corrected chi connectivity index (χ4v) is 4.61. The van der Waals surface area contributed by atoms with Crippen LogP contribution < -0.4 is 5.73 Å². The molecule has 0 spiro atoms. The second-order valence-corrected chi connectivity index (χ2v) is 8.30. The van der Waals surface area contributed by atoms with E-state index in [1.54, 1.807) is 0 Å². The number of aromatic nitrogens is 1. The van der Waals surface area contributed by atoms with Crippen LogP contribution in [0.4, 0.5) is 0 Å². The summed E-state index contributed by atoms with van der Waals surface area (Å²) in [6, 6.07) is 23.6. The van der Waals surface area contributed by atoms with Crippen molar-refractivity contribution in [1.82, 2.24) is 4.48 Å². The van der Waals surface area contributed by atoms with Crippen LogP contribution in [0.5, 0.6) is 0 Å². The SMILES string of the molecule is Bn1cccc1/C(CCN)=C1N=C(/C=C/c2c3ccccc3cc3ccccc23)C=C\1C. The van der Waals surface area contributed by atoms with E-state index >= 15 is 0 Å². The van der Waals surface area contributed by atoms with Gasteiger partial charge in [-0.2, -0.15) is 0 Å². The van der Waals surface area contributed by atoms with Crippen molar-refractivity contribution in [2.24, 2.45) is 10.7 Å². The molecule has 2 heterocycles. The van der Waals surface area contributed by atoms with Gasteiger partial charge in [-0.25, -0.2) is 4.99 Å². The molecule has 3 nitrogen and oxygen atoms in total. The normalized spacial score (nSPS) is 15.6. The minimum atomic E-state index is 0.597. The molecule has 0 aliphatic carbocycles. The molecule has 32 heavy (non-hydrogen) atoms. The molecule has 0 bridgehead atoms. The lowest BCUT2D eigenvalue weighted by Gasteiger charge is -2.11. The van der Waals surface area contributed by atoms with Crippen molar-refractivity contribution in [2.75, 3.05) is 6.54 Å². The van der Waals surface area contributed by atoms with Crippen LogP contribution in [0.3, 0.4) is 0 Å². The molecule has 0 amide bonds. The molecule has 4 heteroatoms. The zero-order valence-corrected chi connectivity index (χ0v) is 18.5. The van der Waals surface area contributed by atoms with Gasteiger partial charge < -0.3 is 10.2 Å². The van der Waals surface area contributed by atoms with Crippen molar-refractivity contribution in [3.63, 3.8) is 0 Å². The van der Waals surface area contributed by atoms with Gasteiger partial charge in [-0.1, -0.05) is 54.6 Å². The first-order valence-corrected chi connectivity index (χ1v) is 11.1. The van der Waals surface area contributed by atoms with Gasteiger partial charge in [-0.3, -0.25) is 0 Å². The molecule has 0 radical (unpaired) electrons. The number of nitrogens with zero attached hydrogens (tertiary/aromatic N) is 2. The first-order valence-electron chi connectivity index (χ1n) is 11.1. The molecule has 0 saturated carbocycles. The van der Waals surface area contributed by atoms with Crippen LogP contribution in [0.15, 0.2) is 101 Å². The molecule has 0 unspecified atom stereocenters. The summed E-state index contributed by atoms with van der Waals surface area (Å²) < 4.78 is 2.14. The average Bonchev–Trinajstić information content (AvgIpc) is 3.40. The molecule has 5 rings (SSSR count). The van der Waals surface area contributed by atoms with E-state index in [2.05, 4.69) is 111 Å². The Morgan fingerprint density at radius 2 is 1.66 bits per heavy atom. The molecule has 3 aromatic carbocycles. The average molecular weight is 415 g/mol. The van der Waals surface area contributed by atoms with E-state index in [-0.39, 0.29) is 0 Å². The standard InChI is InChI=1S/C28H26BN3/c1-19-17-22(31-28(19)26(14-15-30)27-11-6-16-32(27)29)12-13-25-23-9-4-2-7-20(23)18-21-8-3-5-10-24(21)25/h2-13,16-18H,14-15,29-30H2,1H3/b13-12+,28-26-. The van der Waals surface area contributed by atoms with E-state index in [0.717, 1.165) is 17.8 Å². The maximum absolute atomic E-state index is 5.95. The van der Waals surface area contributed by atoms with Crippen LogP contribution in [0.1, 0.15) is 24.6 Å². The highest BCUT2D eigenvalue weighted by Gasteiger charge is 2.17. The predicted octanol–water partition coefficient (Wildman–Crippen LogP) is 5.36. The van der Waals surface area contributed by atoms with Crippen LogP contribution in [0.2, 0.25) is 0 Å². The molecule has 2 N–H and O–H groups in total. The lowest BCUT2D eigenvalue weighted by Crippen LogP contribution is -2.05. The summed E-state index contributed by atoms with van der Waals surface area (Å²) in [6.45, 7) is 2.73. The van der Waals surface area contributed by atoms with Crippen LogP contribution in [0.25, 0.3) is 33.2 Å². The highest BCUT2D eigenvalue weighted by molar-refractivity contribution is 6.14. The first kappa shape index (κ1) is 20.3. The zero-order valence-electron chi connectivity index (χ0n) is 18.5. The van der Waals surface area contributed by atoms with Gasteiger partial charge in [0.1, 0.15) is 0 Å². The van der Waals surface area contributed by atoms with E-state index in [1.165, 1.54) is 43.9 Å². The topological polar surface area (TPSA) is 43.3 Å². The van der Waals surface area contributed by atoms with E-state index in [4.69, 9.17) is 10.7 Å². The maximum atomic E-state index is 5.95. The van der Waals surface area contributed by atoms with Crippen LogP contribution in [0, 0.1) is 0 Å². The van der Waals surface area contributed by atoms with Crippen LogP contribution in [-0.2, 0) is 0 Å². The molecular formula is C28H26BN3. The van der Waals surface area contributed by atoms with E-state index in [9.17, 15) is 0 Å². The Hall–Kier alpha value is -3.63. The van der Waals surface area contributed by atoms with Crippen LogP contribution in [-0.4, -0.2) is 24.7 Å². The summed E-state index contributed by atoms with van der Waals surface area (Å²) in [5.74, 6) is 0. The first-order chi connectivity index (χ1) is 15.7. The Labute approximate surface area is 189 Å². The van der Waals surface area contributed by atoms with Gasteiger partial charge >= 0.3 is 0 Å². The summed E-state index contributed by atoms with van der Waals surface area (Å²) in [6.07, 6.45) is 9.37. The Morgan fingerprint density at radius 3 is 2.28 bits per heavy atom. The number of hydrogen-bond donors (Lipinski definition) is 1. The molecule has 0 saturated heterocycles. The van der Waals surface area contributed by atoms with Gasteiger partial charge in [0, 0.05) is 11.3 Å². The molecule has 1 aliphatic rings. The summed E-state index contributed by atoms with van der Waals surface area (Å²) in [7, 11) is 2.07. The summed E-state index contributed by atoms with van der Waals surface area (Å²) in [4.78, 5) is 5.01. The zero-order chi connectivity index (χ0) is 22.1. The second-order valence-electron chi connectivity index (χ2n) is 8.30. The Bertz CT molecular complexity index is 1400. The third kappa shape index (κ3) is 3.63. The largest absolute Gasteiger partial charge is 0.399 e. The van der Waals surface area contributed by atoms with Crippen molar-refractivity contribution in [1.29, 1.82) is 0 Å². The highest BCUT2D eigenvalue weighted by Crippen LogP contribution is 2.32. The fraction of sp³-hybridized carbons (Fsp3) is 0.107. The van der Waals surface area contributed by atoms with Gasteiger partial charge in [0.15, 0.2) is 0 Å². The van der Waals surface area contributed by atoms with Crippen molar-refractivity contribution in [2.45, 2.75) is 13.3 Å². The number of rotatable bonds is 5. The van der Waals surface area contributed by atoms with E-state index < -0.39 is 0 Å². The fourth-order valence-electron chi connectivity index (χ4n) is 4.61. The molecule has 156 valence electrons. The monoisotopic (exact) mass is 415 g/mol. The molecule has 4 aromatic rings. The summed E-state index contributed by atoms with van der Waals surface area (Å²) in [5, 5.41) is 5.01. The van der Waals surface area contributed by atoms with Crippen molar-refractivity contribution in [3.8, 4) is 0 Å². The number of aliphatic imine (C=N–C) groups is 1. The quantitative estimate of drug-likeness (QED) is 0.346. The maximum Gasteiger partial charge on any atom is 0.223 e. The number of fused-ring (bicyclic) bond motifs is 2. The number of allylic oxidation sites excluding steroid dienone is 3. The second kappa shape index (κ2) is 8.48. The number of hydrogen-bond acceptors (Lipinski definition) is 2. The molecular weight excluding hydrogens is 389 g/mol. The number of nitrogens with two attached hydrogens (primary N) is 1. The highest BCUT2D eigenvalue weighted by atomic mass is 14.9. The van der Waals surface area contributed by atoms with Crippen molar-refractivity contribution < 1.29 is 0 Å². The smallest absolute Gasteiger partial charge is 0.223 e. The van der Waals surface area contributed by atoms with Gasteiger partial charge in [-0.05, 0) is 89.1 Å². The predicted molar refractivity (Wildman–Crippen MR) is 141 cm³/mol. The van der Waals surface area contributed by atoms with E-state index in [1.807, 2.05) is 0 Å². The Kier molecular flexibility index (Phi) is 5.38. The minimum Gasteiger partial charge on any atom is -0.399 e. The van der Waals surface area contributed by atoms with Gasteiger partial charge in [0.25, 0.3) is 0 Å². The Morgan fingerprint density at radius 1 is 0.969 bits per heavy atom. The third-order valence-electron chi connectivity index (χ3n) is 6.15. The summed E-state index contributed by atoms with van der Waals surface area (Å²) >= 11 is 0. The molecule has 0 atom stereocenters. The molecule has 1 aliphatic heterocycles. The molecule has 0 fully saturated rings. The van der Waals surface area contributed by atoms with Crippen molar-refractivity contribution in [3.05, 3.63) is 108 Å². The third-order valence-corrected chi connectivity index (χ3v) is 6.15. The van der Waals surface area contributed by atoms with Crippen LogP contribution >= 0.6 is 0 Å². The minimum absolute atomic E-state index is 0.597. The summed E-state index contributed by atoms with van der Waals surface area (Å²) in [5.41, 5.74) is 12.7. The Balaban J connectivity index is 1.61. The lowest BCUT2D eigenvalue weighted by molar-refractivity contribution is 0.997. The lowest BCUT2D eigenvalue weighted by atomic mass is 9.96. The van der Waals surface area contributed by atoms with Gasteiger partial charge in [0.05, 0.1) is 11.4 Å². The van der Waals surface area contributed by atoms with E-state index in [0.29, 0.717) is 6.54 Å². The van der Waals surface area contributed by atoms with Gasteiger partial charge in [-0.15, -0.1) is 0 Å². The molecule has 1 aromatic heterocycles. The number of benzene rings is 3. The van der Waals surface area contributed by atoms with Gasteiger partial charge in [0.2, 0.25) is 7.98 Å². The van der Waals surface area contributed by atoms with Crippen molar-refractivity contribution >= 4 is 46.9 Å².